The molecule has 0 bridgehead atoms. The first-order valence-corrected chi connectivity index (χ1v) is 11.8. The topological polar surface area (TPSA) is 61.8 Å². The molecule has 2 atom stereocenters. The Balaban J connectivity index is 1.57. The summed E-state index contributed by atoms with van der Waals surface area (Å²) in [5, 5.41) is 0. The van der Waals surface area contributed by atoms with Crippen LogP contribution < -0.4 is 0 Å². The molecule has 0 amide bonds. The fraction of sp³-hybridized carbons (Fsp3) is 0.267. The summed E-state index contributed by atoms with van der Waals surface area (Å²) in [7, 11) is 0. The summed E-state index contributed by atoms with van der Waals surface area (Å²) >= 11 is 0. The molecule has 3 aromatic rings. The van der Waals surface area contributed by atoms with Gasteiger partial charge in [-0.1, -0.05) is 96.6 Å². The predicted octanol–water partition coefficient (Wildman–Crippen LogP) is 5.66. The quantitative estimate of drug-likeness (QED) is 0.314. The van der Waals surface area contributed by atoms with Gasteiger partial charge in [0, 0.05) is 0 Å². The van der Waals surface area contributed by atoms with E-state index < -0.39 is 24.0 Å². The van der Waals surface area contributed by atoms with Crippen molar-refractivity contribution < 1.29 is 23.8 Å². The molecule has 0 spiro atoms. The van der Waals surface area contributed by atoms with Gasteiger partial charge >= 0.3 is 11.9 Å². The number of rotatable bonds is 8. The van der Waals surface area contributed by atoms with E-state index in [1.54, 1.807) is 0 Å². The summed E-state index contributed by atoms with van der Waals surface area (Å²) in [4.78, 5) is 26.5. The van der Waals surface area contributed by atoms with Crippen LogP contribution in [0.5, 0.6) is 0 Å². The summed E-state index contributed by atoms with van der Waals surface area (Å²) in [6.07, 6.45) is 1.59. The van der Waals surface area contributed by atoms with Crippen LogP contribution in [0.1, 0.15) is 35.6 Å². The molecular weight excluding hydrogens is 440 g/mol. The number of esters is 2. The number of benzene rings is 3. The van der Waals surface area contributed by atoms with Crippen LogP contribution in [0.2, 0.25) is 0 Å². The molecule has 5 nitrogen and oxygen atoms in total. The van der Waals surface area contributed by atoms with E-state index in [4.69, 9.17) is 14.2 Å². The molecule has 1 heterocycles. The van der Waals surface area contributed by atoms with Crippen LogP contribution in [0.25, 0.3) is 5.57 Å². The van der Waals surface area contributed by atoms with Crippen molar-refractivity contribution in [2.45, 2.75) is 45.7 Å². The average Bonchev–Trinajstić information content (AvgIpc) is 2.88. The monoisotopic (exact) mass is 470 g/mol. The molecule has 0 fully saturated rings. The van der Waals surface area contributed by atoms with E-state index in [1.165, 1.54) is 0 Å². The molecular formula is C30H30O5. The first-order chi connectivity index (χ1) is 17.0. The van der Waals surface area contributed by atoms with Crippen molar-refractivity contribution in [2.24, 2.45) is 5.92 Å². The maximum Gasteiger partial charge on any atom is 0.323 e. The third-order valence-corrected chi connectivity index (χ3v) is 5.97. The summed E-state index contributed by atoms with van der Waals surface area (Å²) < 4.78 is 17.2. The van der Waals surface area contributed by atoms with Crippen molar-refractivity contribution in [3.8, 4) is 0 Å². The van der Waals surface area contributed by atoms with E-state index in [-0.39, 0.29) is 19.3 Å². The molecule has 180 valence electrons. The first kappa shape index (κ1) is 24.4. The maximum atomic E-state index is 13.2. The van der Waals surface area contributed by atoms with Gasteiger partial charge in [0.25, 0.3) is 0 Å². The van der Waals surface area contributed by atoms with E-state index >= 15 is 0 Å². The van der Waals surface area contributed by atoms with Crippen LogP contribution >= 0.6 is 0 Å². The lowest BCUT2D eigenvalue weighted by Crippen LogP contribution is -2.41. The van der Waals surface area contributed by atoms with Gasteiger partial charge in [-0.15, -0.1) is 0 Å². The zero-order valence-electron chi connectivity index (χ0n) is 20.1. The molecule has 1 aliphatic rings. The smallest absolute Gasteiger partial charge is 0.323 e. The predicted molar refractivity (Wildman–Crippen MR) is 134 cm³/mol. The fourth-order valence-corrected chi connectivity index (χ4v) is 4.09. The van der Waals surface area contributed by atoms with Crippen molar-refractivity contribution in [3.05, 3.63) is 113 Å². The standard InChI is InChI=1S/C30H30O5/c1-21-13-15-25(16-14-21)26-17-22(2)35-27(18-26)28(29(31)33-19-23-9-5-3-6-10-23)30(32)34-20-24-11-7-4-8-12-24/h3-16,18,22,27-28H,17,19-20H2,1-2H3. The molecule has 5 heteroatoms. The van der Waals surface area contributed by atoms with Crippen molar-refractivity contribution in [3.63, 3.8) is 0 Å². The Labute approximate surface area is 206 Å². The van der Waals surface area contributed by atoms with Gasteiger partial charge in [0.2, 0.25) is 0 Å². The highest BCUT2D eigenvalue weighted by Gasteiger charge is 2.40. The number of carbonyl (C=O) groups is 2. The van der Waals surface area contributed by atoms with Gasteiger partial charge in [-0.25, -0.2) is 0 Å². The van der Waals surface area contributed by atoms with Crippen LogP contribution in [-0.2, 0) is 37.0 Å². The SMILES string of the molecule is Cc1ccc(C2=CC(C(C(=O)OCc3ccccc3)C(=O)OCc3ccccc3)OC(C)C2)cc1. The van der Waals surface area contributed by atoms with Crippen LogP contribution in [0.15, 0.2) is 91.0 Å². The van der Waals surface area contributed by atoms with Crippen LogP contribution in [0.4, 0.5) is 0 Å². The Bertz CT molecular complexity index is 1100. The van der Waals surface area contributed by atoms with Crippen LogP contribution in [0, 0.1) is 12.8 Å². The second-order valence-electron chi connectivity index (χ2n) is 8.84. The molecule has 0 aromatic heterocycles. The maximum absolute atomic E-state index is 13.2. The summed E-state index contributed by atoms with van der Waals surface area (Å²) in [5.74, 6) is -2.55. The molecule has 35 heavy (non-hydrogen) atoms. The first-order valence-electron chi connectivity index (χ1n) is 11.8. The Morgan fingerprint density at radius 2 is 1.34 bits per heavy atom. The summed E-state index contributed by atoms with van der Waals surface area (Å²) in [6, 6.07) is 26.9. The lowest BCUT2D eigenvalue weighted by molar-refractivity contribution is -0.171. The molecule has 0 N–H and O–H groups in total. The summed E-state index contributed by atoms with van der Waals surface area (Å²) in [5.41, 5.74) is 4.92. The fourth-order valence-electron chi connectivity index (χ4n) is 4.09. The zero-order valence-corrected chi connectivity index (χ0v) is 20.1. The highest BCUT2D eigenvalue weighted by Crippen LogP contribution is 2.31. The number of hydrogen-bond donors (Lipinski definition) is 0. The molecule has 3 aromatic carbocycles. The van der Waals surface area contributed by atoms with Gasteiger partial charge in [-0.2, -0.15) is 0 Å². The third kappa shape index (κ3) is 6.67. The minimum Gasteiger partial charge on any atom is -0.460 e. The Morgan fingerprint density at radius 3 is 1.86 bits per heavy atom. The van der Waals surface area contributed by atoms with Gasteiger partial charge in [-0.3, -0.25) is 9.59 Å². The van der Waals surface area contributed by atoms with Crippen molar-refractivity contribution in [2.75, 3.05) is 0 Å². The van der Waals surface area contributed by atoms with Crippen molar-refractivity contribution in [1.29, 1.82) is 0 Å². The second kappa shape index (κ2) is 11.6. The zero-order chi connectivity index (χ0) is 24.6. The minimum absolute atomic E-state index is 0.0684. The van der Waals surface area contributed by atoms with Crippen molar-refractivity contribution >= 4 is 17.5 Å². The van der Waals surface area contributed by atoms with Gasteiger partial charge < -0.3 is 14.2 Å². The summed E-state index contributed by atoms with van der Waals surface area (Å²) in [6.45, 7) is 4.11. The molecule has 0 saturated carbocycles. The highest BCUT2D eigenvalue weighted by atomic mass is 16.6. The number of hydrogen-bond acceptors (Lipinski definition) is 5. The molecule has 4 rings (SSSR count). The number of ether oxygens (including phenoxy) is 3. The number of aryl methyl sites for hydroxylation is 1. The second-order valence-corrected chi connectivity index (χ2v) is 8.84. The molecule has 0 radical (unpaired) electrons. The van der Waals surface area contributed by atoms with Gasteiger partial charge in [-0.05, 0) is 42.5 Å². The third-order valence-electron chi connectivity index (χ3n) is 5.97. The lowest BCUT2D eigenvalue weighted by atomic mass is 9.91. The normalized spacial score (nSPS) is 17.5. The van der Waals surface area contributed by atoms with E-state index in [9.17, 15) is 9.59 Å². The lowest BCUT2D eigenvalue weighted by Gasteiger charge is -2.31. The minimum atomic E-state index is -1.23. The average molecular weight is 471 g/mol. The molecule has 0 aliphatic carbocycles. The van der Waals surface area contributed by atoms with Crippen LogP contribution in [0.3, 0.4) is 0 Å². The van der Waals surface area contributed by atoms with Gasteiger partial charge in [0.05, 0.1) is 6.10 Å². The molecule has 1 aliphatic heterocycles. The van der Waals surface area contributed by atoms with E-state index in [0.29, 0.717) is 6.42 Å². The van der Waals surface area contributed by atoms with Crippen LogP contribution in [-0.4, -0.2) is 24.1 Å². The Kier molecular flexibility index (Phi) is 8.11. The molecule has 0 saturated heterocycles. The van der Waals surface area contributed by atoms with Crippen molar-refractivity contribution in [1.82, 2.24) is 0 Å². The highest BCUT2D eigenvalue weighted by molar-refractivity contribution is 5.96. The van der Waals surface area contributed by atoms with Gasteiger partial charge in [0.15, 0.2) is 5.92 Å². The largest absolute Gasteiger partial charge is 0.460 e. The van der Waals surface area contributed by atoms with Gasteiger partial charge in [0.1, 0.15) is 19.3 Å². The van der Waals surface area contributed by atoms with E-state index in [0.717, 1.165) is 27.8 Å². The number of carbonyl (C=O) groups excluding carboxylic acids is 2. The van der Waals surface area contributed by atoms with E-state index in [1.807, 2.05) is 105 Å². The molecule has 2 unspecified atom stereocenters. The van der Waals surface area contributed by atoms with E-state index in [2.05, 4.69) is 0 Å². The Hall–Kier alpha value is -3.70. The Morgan fingerprint density at radius 1 is 0.829 bits per heavy atom.